The molecule has 0 unspecified atom stereocenters. The summed E-state index contributed by atoms with van der Waals surface area (Å²) < 4.78 is 0.826. The van der Waals surface area contributed by atoms with Gasteiger partial charge >= 0.3 is 5.97 Å². The van der Waals surface area contributed by atoms with E-state index in [2.05, 4.69) is 21.2 Å². The molecule has 3 N–H and O–H groups in total. The number of rotatable bonds is 4. The number of aliphatic hydroxyl groups is 1. The second-order valence-electron chi connectivity index (χ2n) is 3.60. The second kappa shape index (κ2) is 5.61. The number of carboxylic acid groups (broad SMARTS) is 1. The fourth-order valence-corrected chi connectivity index (χ4v) is 2.61. The molecule has 0 bridgehead atoms. The highest BCUT2D eigenvalue weighted by Gasteiger charge is 2.26. The number of aryl methyl sites for hydroxylation is 1. The minimum atomic E-state index is -1.30. The van der Waals surface area contributed by atoms with Gasteiger partial charge in [0, 0.05) is 0 Å². The van der Waals surface area contributed by atoms with Crippen molar-refractivity contribution >= 4 is 39.1 Å². The Morgan fingerprint density at radius 3 is 2.47 bits per heavy atom. The maximum absolute atomic E-state index is 11.7. The molecule has 1 amide bonds. The molecule has 1 aromatic heterocycles. The van der Waals surface area contributed by atoms with Crippen LogP contribution in [0.2, 0.25) is 0 Å². The zero-order valence-corrected chi connectivity index (χ0v) is 11.6. The smallest absolute Gasteiger partial charge is 0.328 e. The van der Waals surface area contributed by atoms with Gasteiger partial charge in [-0.05, 0) is 41.4 Å². The topological polar surface area (TPSA) is 86.6 Å². The Morgan fingerprint density at radius 1 is 1.53 bits per heavy atom. The van der Waals surface area contributed by atoms with Crippen LogP contribution in [-0.4, -0.2) is 34.2 Å². The van der Waals surface area contributed by atoms with Crippen molar-refractivity contribution in [2.24, 2.45) is 0 Å². The normalized spacial score (nSPS) is 14.1. The van der Waals surface area contributed by atoms with Crippen molar-refractivity contribution in [3.8, 4) is 0 Å². The molecule has 0 aromatic carbocycles. The van der Waals surface area contributed by atoms with Crippen LogP contribution >= 0.6 is 27.3 Å². The lowest BCUT2D eigenvalue weighted by Crippen LogP contribution is -2.47. The Morgan fingerprint density at radius 2 is 2.12 bits per heavy atom. The van der Waals surface area contributed by atoms with Crippen LogP contribution < -0.4 is 5.32 Å². The summed E-state index contributed by atoms with van der Waals surface area (Å²) in [7, 11) is 0. The van der Waals surface area contributed by atoms with E-state index in [1.54, 1.807) is 6.07 Å². The van der Waals surface area contributed by atoms with Crippen molar-refractivity contribution in [2.45, 2.75) is 26.0 Å². The van der Waals surface area contributed by atoms with Gasteiger partial charge in [0.1, 0.15) is 0 Å². The number of amides is 1. The first-order chi connectivity index (χ1) is 7.82. The summed E-state index contributed by atoms with van der Waals surface area (Å²) >= 11 is 4.50. The molecular weight excluding hydrogens is 310 g/mol. The molecule has 7 heteroatoms. The van der Waals surface area contributed by atoms with Gasteiger partial charge in [-0.15, -0.1) is 11.3 Å². The molecule has 0 saturated heterocycles. The van der Waals surface area contributed by atoms with E-state index in [0.717, 1.165) is 9.35 Å². The third-order valence-corrected chi connectivity index (χ3v) is 4.25. The number of hydrogen-bond acceptors (Lipinski definition) is 4. The number of nitrogens with one attached hydrogen (secondary N) is 1. The molecule has 5 nitrogen and oxygen atoms in total. The number of aliphatic carboxylic acids is 1. The van der Waals surface area contributed by atoms with Crippen molar-refractivity contribution in [3.05, 3.63) is 20.3 Å². The van der Waals surface area contributed by atoms with Crippen LogP contribution in [0.3, 0.4) is 0 Å². The lowest BCUT2D eigenvalue weighted by atomic mass is 10.2. The van der Waals surface area contributed by atoms with Crippen LogP contribution in [0.4, 0.5) is 0 Å². The quantitative estimate of drug-likeness (QED) is 0.782. The minimum absolute atomic E-state index is 0.404. The van der Waals surface area contributed by atoms with Crippen LogP contribution in [0.25, 0.3) is 0 Å². The van der Waals surface area contributed by atoms with E-state index >= 15 is 0 Å². The van der Waals surface area contributed by atoms with Gasteiger partial charge in [0.2, 0.25) is 0 Å². The molecule has 1 rings (SSSR count). The van der Waals surface area contributed by atoms with Gasteiger partial charge in [-0.25, -0.2) is 4.79 Å². The lowest BCUT2D eigenvalue weighted by molar-refractivity contribution is -0.141. The summed E-state index contributed by atoms with van der Waals surface area (Å²) in [5.74, 6) is -1.77. The standard InChI is InChI=1S/C10H12BrNO4S/c1-4-3-6(17-8(4)11)9(14)12-7(5(2)13)10(15)16/h3,5,7,13H,1-2H3,(H,12,14)(H,15,16)/t5-,7+/m1/s1. The van der Waals surface area contributed by atoms with E-state index < -0.39 is 24.0 Å². The molecule has 1 aromatic rings. The largest absolute Gasteiger partial charge is 0.480 e. The number of carbonyl (C=O) groups is 2. The van der Waals surface area contributed by atoms with Gasteiger partial charge in [0.25, 0.3) is 5.91 Å². The van der Waals surface area contributed by atoms with E-state index in [1.807, 2.05) is 6.92 Å². The van der Waals surface area contributed by atoms with Crippen molar-refractivity contribution in [3.63, 3.8) is 0 Å². The third kappa shape index (κ3) is 3.52. The van der Waals surface area contributed by atoms with E-state index in [9.17, 15) is 14.7 Å². The Kier molecular flexibility index (Phi) is 4.67. The zero-order chi connectivity index (χ0) is 13.2. The highest BCUT2D eigenvalue weighted by Crippen LogP contribution is 2.27. The molecule has 0 radical (unpaired) electrons. The summed E-state index contributed by atoms with van der Waals surface area (Å²) in [4.78, 5) is 22.9. The van der Waals surface area contributed by atoms with Gasteiger partial charge in [-0.2, -0.15) is 0 Å². The first kappa shape index (κ1) is 14.1. The molecule has 17 heavy (non-hydrogen) atoms. The van der Waals surface area contributed by atoms with Gasteiger partial charge < -0.3 is 15.5 Å². The van der Waals surface area contributed by atoms with Crippen molar-refractivity contribution < 1.29 is 19.8 Å². The highest BCUT2D eigenvalue weighted by atomic mass is 79.9. The van der Waals surface area contributed by atoms with Gasteiger partial charge in [-0.3, -0.25) is 4.79 Å². The maximum atomic E-state index is 11.7. The lowest BCUT2D eigenvalue weighted by Gasteiger charge is -2.16. The monoisotopic (exact) mass is 321 g/mol. The highest BCUT2D eigenvalue weighted by molar-refractivity contribution is 9.11. The molecule has 0 saturated carbocycles. The fraction of sp³-hybridized carbons (Fsp3) is 0.400. The van der Waals surface area contributed by atoms with E-state index in [1.165, 1.54) is 18.3 Å². The first-order valence-corrected chi connectivity index (χ1v) is 6.41. The van der Waals surface area contributed by atoms with Crippen molar-refractivity contribution in [1.82, 2.24) is 5.32 Å². The van der Waals surface area contributed by atoms with E-state index in [4.69, 9.17) is 5.11 Å². The van der Waals surface area contributed by atoms with Gasteiger partial charge in [-0.1, -0.05) is 0 Å². The molecule has 0 aliphatic rings. The van der Waals surface area contributed by atoms with Crippen LogP contribution in [0.5, 0.6) is 0 Å². The fourth-order valence-electron chi connectivity index (χ4n) is 1.17. The Labute approximate surface area is 111 Å². The molecule has 0 aliphatic heterocycles. The summed E-state index contributed by atoms with van der Waals surface area (Å²) in [5, 5.41) is 20.3. The number of halogens is 1. The maximum Gasteiger partial charge on any atom is 0.328 e. The summed E-state index contributed by atoms with van der Waals surface area (Å²) in [6.07, 6.45) is -1.15. The Bertz CT molecular complexity index is 424. The molecule has 94 valence electrons. The van der Waals surface area contributed by atoms with Crippen LogP contribution in [0.1, 0.15) is 22.2 Å². The average Bonchev–Trinajstić information content (AvgIpc) is 2.54. The van der Waals surface area contributed by atoms with Crippen LogP contribution in [-0.2, 0) is 4.79 Å². The van der Waals surface area contributed by atoms with Gasteiger partial charge in [0.15, 0.2) is 6.04 Å². The Hall–Kier alpha value is -0.920. The molecule has 0 spiro atoms. The van der Waals surface area contributed by atoms with Crippen LogP contribution in [0, 0.1) is 6.92 Å². The summed E-state index contributed by atoms with van der Waals surface area (Å²) in [5.41, 5.74) is 0.907. The van der Waals surface area contributed by atoms with Crippen LogP contribution in [0.15, 0.2) is 9.85 Å². The number of aliphatic hydroxyl groups excluding tert-OH is 1. The van der Waals surface area contributed by atoms with E-state index in [0.29, 0.717) is 4.88 Å². The predicted molar refractivity (Wildman–Crippen MR) is 67.3 cm³/mol. The number of hydrogen-bond donors (Lipinski definition) is 3. The Balaban J connectivity index is 2.81. The number of thiophene rings is 1. The molecule has 0 aliphatic carbocycles. The van der Waals surface area contributed by atoms with Crippen molar-refractivity contribution in [1.29, 1.82) is 0 Å². The molecule has 2 atom stereocenters. The first-order valence-electron chi connectivity index (χ1n) is 4.80. The molecular formula is C10H12BrNO4S. The molecule has 1 heterocycles. The third-order valence-electron chi connectivity index (χ3n) is 2.12. The summed E-state index contributed by atoms with van der Waals surface area (Å²) in [6, 6.07) is 0.356. The number of carbonyl (C=O) groups excluding carboxylic acids is 1. The van der Waals surface area contributed by atoms with Crippen molar-refractivity contribution in [2.75, 3.05) is 0 Å². The van der Waals surface area contributed by atoms with Gasteiger partial charge in [0.05, 0.1) is 14.8 Å². The molecule has 0 fully saturated rings. The predicted octanol–water partition coefficient (Wildman–Crippen LogP) is 1.38. The summed E-state index contributed by atoms with van der Waals surface area (Å²) in [6.45, 7) is 3.15. The number of carboxylic acids is 1. The van der Waals surface area contributed by atoms with E-state index in [-0.39, 0.29) is 0 Å². The average molecular weight is 322 g/mol. The SMILES string of the molecule is Cc1cc(C(=O)N[C@H](C(=O)O)[C@@H](C)O)sc1Br. The zero-order valence-electron chi connectivity index (χ0n) is 9.23. The minimum Gasteiger partial charge on any atom is -0.480 e. The second-order valence-corrected chi connectivity index (χ2v) is 5.97.